The molecule has 0 fully saturated rings. The van der Waals surface area contributed by atoms with Crippen LogP contribution in [0.15, 0.2) is 76.4 Å². The normalized spacial score (nSPS) is 12.1. The molecule has 0 saturated carbocycles. The number of rotatable bonds is 6. The zero-order chi connectivity index (χ0) is 24.7. The minimum Gasteiger partial charge on any atom is -0.478 e. The molecule has 0 unspecified atom stereocenters. The molecule has 7 nitrogen and oxygen atoms in total. The number of sulfonamides is 1. The molecular formula is C22H14ClF3N2O5S. The Morgan fingerprint density at radius 3 is 2.41 bits per heavy atom. The van der Waals surface area contributed by atoms with Gasteiger partial charge in [0.2, 0.25) is 0 Å². The third-order valence-corrected chi connectivity index (χ3v) is 6.95. The molecule has 0 aliphatic heterocycles. The van der Waals surface area contributed by atoms with Gasteiger partial charge in [0.25, 0.3) is 10.0 Å². The second-order valence-corrected chi connectivity index (χ2v) is 9.43. The number of halogens is 4. The fourth-order valence-electron chi connectivity index (χ4n) is 3.20. The van der Waals surface area contributed by atoms with Crippen molar-refractivity contribution in [3.8, 4) is 0 Å². The second-order valence-electron chi connectivity index (χ2n) is 7.16. The van der Waals surface area contributed by atoms with E-state index in [2.05, 4.69) is 4.98 Å². The molecule has 176 valence electrons. The average Bonchev–Trinajstić information content (AvgIpc) is 3.25. The van der Waals surface area contributed by atoms with E-state index in [4.69, 9.17) is 21.1 Å². The van der Waals surface area contributed by atoms with Gasteiger partial charge in [-0.05, 0) is 48.0 Å². The highest BCUT2D eigenvalue weighted by Crippen LogP contribution is 2.36. The predicted octanol–water partition coefficient (Wildman–Crippen LogP) is 5.59. The van der Waals surface area contributed by atoms with Gasteiger partial charge >= 0.3 is 12.1 Å². The molecule has 0 saturated heterocycles. The van der Waals surface area contributed by atoms with Crippen LogP contribution in [0.1, 0.15) is 21.5 Å². The molecule has 4 aromatic rings. The van der Waals surface area contributed by atoms with Crippen molar-refractivity contribution in [3.63, 3.8) is 0 Å². The smallest absolute Gasteiger partial charge is 0.417 e. The lowest BCUT2D eigenvalue weighted by Crippen LogP contribution is -2.32. The van der Waals surface area contributed by atoms with Crippen molar-refractivity contribution in [2.24, 2.45) is 0 Å². The van der Waals surface area contributed by atoms with Crippen molar-refractivity contribution < 1.29 is 35.9 Å². The van der Waals surface area contributed by atoms with Crippen molar-refractivity contribution in [2.45, 2.75) is 17.6 Å². The maximum Gasteiger partial charge on any atom is 0.417 e. The number of aromatic carboxylic acids is 1. The van der Waals surface area contributed by atoms with Crippen molar-refractivity contribution in [2.75, 3.05) is 4.31 Å². The first-order chi connectivity index (χ1) is 16.0. The first-order valence-corrected chi connectivity index (χ1v) is 11.3. The van der Waals surface area contributed by atoms with Gasteiger partial charge in [-0.1, -0.05) is 23.7 Å². The van der Waals surface area contributed by atoms with Crippen LogP contribution in [-0.2, 0) is 22.7 Å². The number of aromatic nitrogens is 1. The van der Waals surface area contributed by atoms with Crippen molar-refractivity contribution >= 4 is 44.4 Å². The summed E-state index contributed by atoms with van der Waals surface area (Å²) in [5, 5.41) is 9.31. The number of carboxylic acid groups (broad SMARTS) is 1. The first-order valence-electron chi connectivity index (χ1n) is 9.52. The monoisotopic (exact) mass is 510 g/mol. The number of anilines is 1. The molecule has 0 spiro atoms. The van der Waals surface area contributed by atoms with Crippen molar-refractivity contribution in [3.05, 3.63) is 88.8 Å². The Balaban J connectivity index is 1.82. The lowest BCUT2D eigenvalue weighted by molar-refractivity contribution is -0.137. The predicted molar refractivity (Wildman–Crippen MR) is 117 cm³/mol. The maximum absolute atomic E-state index is 13.5. The van der Waals surface area contributed by atoms with E-state index < -0.39 is 38.6 Å². The number of benzene rings is 2. The van der Waals surface area contributed by atoms with E-state index in [0.717, 1.165) is 34.0 Å². The van der Waals surface area contributed by atoms with Crippen molar-refractivity contribution in [1.29, 1.82) is 0 Å². The van der Waals surface area contributed by atoms with E-state index >= 15 is 0 Å². The number of furan rings is 1. The number of carboxylic acids is 1. The van der Waals surface area contributed by atoms with E-state index in [1.807, 2.05) is 0 Å². The highest BCUT2D eigenvalue weighted by atomic mass is 35.5. The van der Waals surface area contributed by atoms with E-state index in [0.29, 0.717) is 23.4 Å². The number of pyridine rings is 1. The number of nitrogens with zero attached hydrogens (tertiary/aromatic N) is 2. The van der Waals surface area contributed by atoms with Gasteiger partial charge in [0.05, 0.1) is 33.9 Å². The minimum absolute atomic E-state index is 0.139. The Morgan fingerprint density at radius 2 is 1.79 bits per heavy atom. The van der Waals surface area contributed by atoms with Gasteiger partial charge in [0.15, 0.2) is 5.82 Å². The highest BCUT2D eigenvalue weighted by molar-refractivity contribution is 7.92. The largest absolute Gasteiger partial charge is 0.478 e. The number of alkyl halides is 3. The Kier molecular flexibility index (Phi) is 6.00. The summed E-state index contributed by atoms with van der Waals surface area (Å²) in [7, 11) is -4.42. The van der Waals surface area contributed by atoms with Crippen LogP contribution < -0.4 is 4.31 Å². The number of carbonyl (C=O) groups is 1. The second kappa shape index (κ2) is 8.65. The molecule has 0 amide bonds. The van der Waals surface area contributed by atoms with Crippen LogP contribution in [-0.4, -0.2) is 24.5 Å². The first kappa shape index (κ1) is 23.6. The van der Waals surface area contributed by atoms with E-state index in [9.17, 15) is 26.4 Å². The third-order valence-electron chi connectivity index (χ3n) is 4.92. The van der Waals surface area contributed by atoms with Crippen LogP contribution in [0.3, 0.4) is 0 Å². The van der Waals surface area contributed by atoms with Gasteiger partial charge in [-0.3, -0.25) is 0 Å². The van der Waals surface area contributed by atoms with E-state index in [1.54, 1.807) is 24.3 Å². The van der Waals surface area contributed by atoms with Crippen molar-refractivity contribution in [1.82, 2.24) is 4.98 Å². The van der Waals surface area contributed by atoms with E-state index in [1.165, 1.54) is 6.26 Å². The molecule has 0 atom stereocenters. The SMILES string of the molecule is O=C(O)c1ccc(S(=O)(=O)N(Cc2ccc3ccoc3c2)c2ncc(C(F)(F)F)cc2Cl)cc1. The molecular weight excluding hydrogens is 497 g/mol. The Bertz CT molecular complexity index is 1480. The summed E-state index contributed by atoms with van der Waals surface area (Å²) in [5.74, 6) is -1.67. The number of hydrogen-bond donors (Lipinski definition) is 1. The average molecular weight is 511 g/mol. The lowest BCUT2D eigenvalue weighted by Gasteiger charge is -2.25. The highest BCUT2D eigenvalue weighted by Gasteiger charge is 2.34. The molecule has 4 rings (SSSR count). The topological polar surface area (TPSA) is 101 Å². The molecule has 1 N–H and O–H groups in total. The van der Waals surface area contributed by atoms with Gasteiger partial charge in [0.1, 0.15) is 5.58 Å². The quantitative estimate of drug-likeness (QED) is 0.363. The zero-order valence-corrected chi connectivity index (χ0v) is 18.5. The fourth-order valence-corrected chi connectivity index (χ4v) is 4.95. The summed E-state index contributed by atoms with van der Waals surface area (Å²) < 4.78 is 72.3. The molecule has 0 bridgehead atoms. The van der Waals surface area contributed by atoms with Gasteiger partial charge in [-0.25, -0.2) is 22.5 Å². The lowest BCUT2D eigenvalue weighted by atomic mass is 10.1. The molecule has 2 aromatic carbocycles. The third kappa shape index (κ3) is 4.57. The summed E-state index contributed by atoms with van der Waals surface area (Å²) in [6, 6.07) is 11.6. The van der Waals surface area contributed by atoms with Gasteiger partial charge in [0, 0.05) is 11.6 Å². The molecule has 34 heavy (non-hydrogen) atoms. The zero-order valence-electron chi connectivity index (χ0n) is 17.0. The molecule has 12 heteroatoms. The van der Waals surface area contributed by atoms with Crippen LogP contribution in [0, 0.1) is 0 Å². The summed E-state index contributed by atoms with van der Waals surface area (Å²) in [6.07, 6.45) is -2.77. The Labute approximate surface area is 196 Å². The Morgan fingerprint density at radius 1 is 1.09 bits per heavy atom. The summed E-state index contributed by atoms with van der Waals surface area (Å²) in [4.78, 5) is 14.5. The summed E-state index contributed by atoms with van der Waals surface area (Å²) in [5.41, 5.74) is -0.348. The summed E-state index contributed by atoms with van der Waals surface area (Å²) in [6.45, 7) is -0.336. The molecule has 0 radical (unpaired) electrons. The van der Waals surface area contributed by atoms with Crippen LogP contribution in [0.2, 0.25) is 5.02 Å². The molecule has 0 aliphatic rings. The summed E-state index contributed by atoms with van der Waals surface area (Å²) >= 11 is 6.07. The minimum atomic E-state index is -4.73. The standard InChI is InChI=1S/C22H14ClF3N2O5S/c23-18-10-16(22(24,25)26)11-27-20(18)28(12-13-1-2-14-7-8-33-19(14)9-13)34(31,32)17-5-3-15(4-6-17)21(29)30/h1-11H,12H2,(H,29,30). The van der Waals surface area contributed by atoms with Crippen LogP contribution >= 0.6 is 11.6 Å². The van der Waals surface area contributed by atoms with Gasteiger partial charge in [-0.15, -0.1) is 0 Å². The van der Waals surface area contributed by atoms with Gasteiger partial charge < -0.3 is 9.52 Å². The van der Waals surface area contributed by atoms with Crippen LogP contribution in [0.5, 0.6) is 0 Å². The fraction of sp³-hybridized carbons (Fsp3) is 0.0909. The Hall–Kier alpha value is -3.57. The van der Waals surface area contributed by atoms with Crippen LogP contribution in [0.4, 0.5) is 19.0 Å². The maximum atomic E-state index is 13.5. The molecule has 2 aromatic heterocycles. The van der Waals surface area contributed by atoms with Crippen LogP contribution in [0.25, 0.3) is 11.0 Å². The molecule has 0 aliphatic carbocycles. The number of hydrogen-bond acceptors (Lipinski definition) is 5. The molecule has 2 heterocycles. The van der Waals surface area contributed by atoms with E-state index in [-0.39, 0.29) is 17.0 Å². The number of fused-ring (bicyclic) bond motifs is 1. The van der Waals surface area contributed by atoms with Gasteiger partial charge in [-0.2, -0.15) is 13.2 Å².